The van der Waals surface area contributed by atoms with Gasteiger partial charge >= 0.3 is 6.01 Å². The topological polar surface area (TPSA) is 62.6 Å². The molecule has 8 heteroatoms. The van der Waals surface area contributed by atoms with E-state index in [2.05, 4.69) is 38.8 Å². The predicted molar refractivity (Wildman–Crippen MR) is 97.3 cm³/mol. The van der Waals surface area contributed by atoms with Gasteiger partial charge in [0.05, 0.1) is 10.2 Å². The summed E-state index contributed by atoms with van der Waals surface area (Å²) in [6, 6.07) is 0.353. The van der Waals surface area contributed by atoms with Gasteiger partial charge in [-0.05, 0) is 40.7 Å². The van der Waals surface area contributed by atoms with Crippen LogP contribution in [0, 0.1) is 3.57 Å². The van der Waals surface area contributed by atoms with Crippen molar-refractivity contribution >= 4 is 30.9 Å². The lowest BCUT2D eigenvalue weighted by molar-refractivity contribution is -0.0220. The van der Waals surface area contributed by atoms with Crippen LogP contribution in [0.25, 0.3) is 0 Å². The maximum absolute atomic E-state index is 11.7. The van der Waals surface area contributed by atoms with E-state index in [1.54, 1.807) is 6.20 Å². The Bertz CT molecular complexity index is 670. The molecule has 1 aromatic heterocycles. The molecule has 3 heterocycles. The van der Waals surface area contributed by atoms with Crippen molar-refractivity contribution < 1.29 is 13.9 Å². The minimum Gasteiger partial charge on any atom is -0.458 e. The van der Waals surface area contributed by atoms with Gasteiger partial charge in [-0.3, -0.25) is 9.36 Å². The molecule has 2 bridgehead atoms. The molecule has 0 amide bonds. The third kappa shape index (κ3) is 3.22. The highest BCUT2D eigenvalue weighted by molar-refractivity contribution is 14.1. The molecule has 0 spiro atoms. The summed E-state index contributed by atoms with van der Waals surface area (Å²) in [6.45, 7) is 11.6. The summed E-state index contributed by atoms with van der Waals surface area (Å²) in [4.78, 5) is 15.7. The molecule has 0 aliphatic carbocycles. The fourth-order valence-electron chi connectivity index (χ4n) is 2.51. The normalized spacial score (nSPS) is 26.8. The Kier molecular flexibility index (Phi) is 4.39. The molecule has 1 fully saturated rings. The molecule has 0 aromatic carbocycles. The zero-order chi connectivity index (χ0) is 17.0. The number of rotatable bonds is 3. The molecule has 3 atom stereocenters. The van der Waals surface area contributed by atoms with E-state index >= 15 is 0 Å². The van der Waals surface area contributed by atoms with Crippen LogP contribution in [0.2, 0.25) is 18.1 Å². The number of fused-ring (bicyclic) bond motifs is 4. The van der Waals surface area contributed by atoms with E-state index in [0.29, 0.717) is 16.2 Å². The van der Waals surface area contributed by atoms with Gasteiger partial charge in [-0.2, -0.15) is 4.98 Å². The highest BCUT2D eigenvalue weighted by Crippen LogP contribution is 2.40. The number of nitrogens with zero attached hydrogens (tertiary/aromatic N) is 2. The van der Waals surface area contributed by atoms with Crippen LogP contribution in [0.1, 0.15) is 33.4 Å². The van der Waals surface area contributed by atoms with Crippen molar-refractivity contribution in [3.63, 3.8) is 0 Å². The zero-order valence-corrected chi connectivity index (χ0v) is 17.3. The Balaban J connectivity index is 1.73. The highest BCUT2D eigenvalue weighted by atomic mass is 127. The molecular weight excluding hydrogens is 427 g/mol. The first-order valence-corrected chi connectivity index (χ1v) is 11.8. The zero-order valence-electron chi connectivity index (χ0n) is 14.1. The maximum atomic E-state index is 11.7. The summed E-state index contributed by atoms with van der Waals surface area (Å²) in [5.41, 5.74) is -0.257. The molecule has 0 unspecified atom stereocenters. The maximum Gasteiger partial charge on any atom is 0.302 e. The summed E-state index contributed by atoms with van der Waals surface area (Å²) < 4.78 is 20.6. The van der Waals surface area contributed by atoms with E-state index in [-0.39, 0.29) is 29.0 Å². The molecule has 1 aromatic rings. The second-order valence-electron chi connectivity index (χ2n) is 7.68. The lowest BCUT2D eigenvalue weighted by Crippen LogP contribution is -2.44. The van der Waals surface area contributed by atoms with E-state index in [4.69, 9.17) is 13.9 Å². The van der Waals surface area contributed by atoms with Crippen molar-refractivity contribution in [2.75, 3.05) is 6.61 Å². The fourth-order valence-corrected chi connectivity index (χ4v) is 3.95. The molecule has 0 saturated carbocycles. The van der Waals surface area contributed by atoms with Crippen molar-refractivity contribution in [3.8, 4) is 6.01 Å². The van der Waals surface area contributed by atoms with Gasteiger partial charge in [-0.1, -0.05) is 20.8 Å². The lowest BCUT2D eigenvalue weighted by atomic mass is 10.2. The molecule has 128 valence electrons. The van der Waals surface area contributed by atoms with Crippen LogP contribution in [0.3, 0.4) is 0 Å². The smallest absolute Gasteiger partial charge is 0.302 e. The van der Waals surface area contributed by atoms with Crippen molar-refractivity contribution in [1.29, 1.82) is 0 Å². The number of aromatic nitrogens is 2. The summed E-state index contributed by atoms with van der Waals surface area (Å²) >= 11 is 1.99. The van der Waals surface area contributed by atoms with Crippen molar-refractivity contribution in [1.82, 2.24) is 9.55 Å². The standard InChI is InChI=1S/C15H23IN2O4Si/c1-15(2,3)23(4,5)20-8-11-10-6-12(21-11)18-7-9(16)13(19)17-14(18)22-10/h7,10-12H,6,8H2,1-5H3/t10-,11-,12-/m1/s1. The van der Waals surface area contributed by atoms with Crippen molar-refractivity contribution in [3.05, 3.63) is 20.1 Å². The monoisotopic (exact) mass is 450 g/mol. The van der Waals surface area contributed by atoms with E-state index in [9.17, 15) is 4.79 Å². The number of hydrogen-bond donors (Lipinski definition) is 0. The van der Waals surface area contributed by atoms with Crippen molar-refractivity contribution in [2.45, 2.75) is 63.8 Å². The molecular formula is C15H23IN2O4Si. The van der Waals surface area contributed by atoms with Crippen LogP contribution in [0.5, 0.6) is 6.01 Å². The number of hydrogen-bond acceptors (Lipinski definition) is 5. The molecule has 2 aliphatic heterocycles. The Morgan fingerprint density at radius 2 is 2.17 bits per heavy atom. The van der Waals surface area contributed by atoms with Gasteiger partial charge in [-0.15, -0.1) is 0 Å². The molecule has 1 saturated heterocycles. The Labute approximate surface area is 150 Å². The van der Waals surface area contributed by atoms with Crippen LogP contribution in [0.4, 0.5) is 0 Å². The van der Waals surface area contributed by atoms with Gasteiger partial charge < -0.3 is 13.9 Å². The van der Waals surface area contributed by atoms with Gasteiger partial charge in [0.1, 0.15) is 18.4 Å². The van der Waals surface area contributed by atoms with Gasteiger partial charge in [-0.25, -0.2) is 0 Å². The lowest BCUT2D eigenvalue weighted by Gasteiger charge is -2.37. The van der Waals surface area contributed by atoms with E-state index in [0.717, 1.165) is 6.42 Å². The third-order valence-corrected chi connectivity index (χ3v) is 10.3. The number of ether oxygens (including phenoxy) is 2. The van der Waals surface area contributed by atoms with Gasteiger partial charge in [0, 0.05) is 12.6 Å². The number of halogens is 1. The summed E-state index contributed by atoms with van der Waals surface area (Å²) in [5, 5.41) is 0.161. The molecule has 0 radical (unpaired) electrons. The average molecular weight is 450 g/mol. The molecule has 6 nitrogen and oxygen atoms in total. The SMILES string of the molecule is CC(C)(C)[Si](C)(C)OC[C@H]1O[C@@H]2C[C@H]1Oc1nc(=O)c(I)cn12. The minimum atomic E-state index is -1.82. The second-order valence-corrected chi connectivity index (χ2v) is 13.6. The quantitative estimate of drug-likeness (QED) is 0.524. The Morgan fingerprint density at radius 3 is 2.83 bits per heavy atom. The molecule has 23 heavy (non-hydrogen) atoms. The largest absolute Gasteiger partial charge is 0.458 e. The van der Waals surface area contributed by atoms with Crippen LogP contribution >= 0.6 is 22.6 Å². The summed E-state index contributed by atoms with van der Waals surface area (Å²) in [6.07, 6.45) is 2.17. The van der Waals surface area contributed by atoms with E-state index < -0.39 is 8.32 Å². The van der Waals surface area contributed by atoms with Crippen LogP contribution < -0.4 is 10.3 Å². The molecule has 2 aliphatic rings. The molecule has 3 rings (SSSR count). The van der Waals surface area contributed by atoms with E-state index in [1.165, 1.54) is 0 Å². The van der Waals surface area contributed by atoms with Gasteiger partial charge in [0.15, 0.2) is 8.32 Å². The van der Waals surface area contributed by atoms with Gasteiger partial charge in [0.2, 0.25) is 0 Å². The van der Waals surface area contributed by atoms with Crippen molar-refractivity contribution in [2.24, 2.45) is 0 Å². The first kappa shape index (κ1) is 17.4. The van der Waals surface area contributed by atoms with Crippen LogP contribution in [-0.2, 0) is 9.16 Å². The Hall–Kier alpha value is -0.453. The Morgan fingerprint density at radius 1 is 1.48 bits per heavy atom. The van der Waals surface area contributed by atoms with Gasteiger partial charge in [0.25, 0.3) is 5.56 Å². The first-order valence-electron chi connectivity index (χ1n) is 7.83. The van der Waals surface area contributed by atoms with Crippen LogP contribution in [-0.4, -0.2) is 36.7 Å². The summed E-state index contributed by atoms with van der Waals surface area (Å²) in [7, 11) is -1.82. The minimum absolute atomic E-state index is 0.100. The van der Waals surface area contributed by atoms with Crippen LogP contribution in [0.15, 0.2) is 11.0 Å². The summed E-state index contributed by atoms with van der Waals surface area (Å²) in [5.74, 6) is 0. The molecule has 0 N–H and O–H groups in total. The second kappa shape index (κ2) is 5.82. The van der Waals surface area contributed by atoms with E-state index in [1.807, 2.05) is 27.2 Å². The highest BCUT2D eigenvalue weighted by Gasteiger charge is 2.45. The third-order valence-electron chi connectivity index (χ3n) is 5.04. The predicted octanol–water partition coefficient (Wildman–Crippen LogP) is 2.92. The fraction of sp³-hybridized carbons (Fsp3) is 0.733. The first-order chi connectivity index (χ1) is 10.6. The average Bonchev–Trinajstić information content (AvgIpc) is 2.76.